The number of carbonyl (C=O) groups is 2. The third kappa shape index (κ3) is 6.61. The van der Waals surface area contributed by atoms with Gasteiger partial charge in [-0.2, -0.15) is 0 Å². The minimum Gasteiger partial charge on any atom is -0.378 e. The number of aryl methyl sites for hydroxylation is 1. The van der Waals surface area contributed by atoms with E-state index in [1.807, 2.05) is 44.2 Å². The second-order valence-electron chi connectivity index (χ2n) is 8.09. The maximum atomic E-state index is 13.3. The molecule has 1 aliphatic rings. The first-order valence-electron chi connectivity index (χ1n) is 11.6. The summed E-state index contributed by atoms with van der Waals surface area (Å²) in [7, 11) is 0. The van der Waals surface area contributed by atoms with Crippen molar-refractivity contribution in [3.63, 3.8) is 0 Å². The van der Waals surface area contributed by atoms with Gasteiger partial charge in [0.15, 0.2) is 0 Å². The molecule has 1 aliphatic heterocycles. The number of carbonyl (C=O) groups excluding carboxylic acids is 2. The van der Waals surface area contributed by atoms with E-state index in [-0.39, 0.29) is 18.4 Å². The van der Waals surface area contributed by atoms with Gasteiger partial charge in [0.25, 0.3) is 5.91 Å². The van der Waals surface area contributed by atoms with Crippen LogP contribution in [0.2, 0.25) is 0 Å². The summed E-state index contributed by atoms with van der Waals surface area (Å²) in [5.74, 6) is 0.770. The molecular formula is C25H29N5O4S. The first kappa shape index (κ1) is 24.7. The van der Waals surface area contributed by atoms with Gasteiger partial charge in [-0.05, 0) is 50.2 Å². The Balaban J connectivity index is 1.36. The SMILES string of the molecule is CCN(CC(=O)Nc1ccc(N2CCOCC2)cc1)C(=O)c1cccnc1SCc1cc(C)on1. The lowest BCUT2D eigenvalue weighted by Gasteiger charge is -2.29. The highest BCUT2D eigenvalue weighted by Gasteiger charge is 2.21. The fourth-order valence-corrected chi connectivity index (χ4v) is 4.61. The van der Waals surface area contributed by atoms with Crippen molar-refractivity contribution < 1.29 is 18.8 Å². The van der Waals surface area contributed by atoms with Gasteiger partial charge in [0, 0.05) is 49.0 Å². The molecule has 2 aromatic heterocycles. The summed E-state index contributed by atoms with van der Waals surface area (Å²) in [4.78, 5) is 34.1. The van der Waals surface area contributed by atoms with Gasteiger partial charge in [-0.25, -0.2) is 4.98 Å². The van der Waals surface area contributed by atoms with Crippen LogP contribution in [0.3, 0.4) is 0 Å². The Kier molecular flexibility index (Phi) is 8.38. The van der Waals surface area contributed by atoms with Gasteiger partial charge >= 0.3 is 0 Å². The molecule has 1 saturated heterocycles. The molecule has 10 heteroatoms. The quantitative estimate of drug-likeness (QED) is 0.450. The number of morpholine rings is 1. The Morgan fingerprint density at radius 3 is 2.63 bits per heavy atom. The van der Waals surface area contributed by atoms with Crippen molar-refractivity contribution in [2.75, 3.05) is 49.6 Å². The molecule has 4 rings (SSSR count). The smallest absolute Gasteiger partial charge is 0.257 e. The number of hydrogen-bond acceptors (Lipinski definition) is 8. The number of likely N-dealkylation sites (N-methyl/N-ethyl adjacent to an activating group) is 1. The average Bonchev–Trinajstić information content (AvgIpc) is 3.31. The largest absolute Gasteiger partial charge is 0.378 e. The number of nitrogens with one attached hydrogen (secondary N) is 1. The molecule has 1 fully saturated rings. The Hall–Kier alpha value is -3.37. The molecule has 0 saturated carbocycles. The Morgan fingerprint density at radius 2 is 1.94 bits per heavy atom. The minimum absolute atomic E-state index is 0.0535. The van der Waals surface area contributed by atoms with E-state index >= 15 is 0 Å². The number of anilines is 2. The fraction of sp³-hybridized carbons (Fsp3) is 0.360. The van der Waals surface area contributed by atoms with E-state index < -0.39 is 0 Å². The molecule has 1 N–H and O–H groups in total. The molecule has 2 amide bonds. The van der Waals surface area contributed by atoms with Crippen molar-refractivity contribution >= 4 is 35.0 Å². The van der Waals surface area contributed by atoms with Crippen LogP contribution in [0.5, 0.6) is 0 Å². The fourth-order valence-electron chi connectivity index (χ4n) is 3.75. The van der Waals surface area contributed by atoms with Crippen LogP contribution >= 0.6 is 11.8 Å². The third-order valence-electron chi connectivity index (χ3n) is 5.57. The number of amides is 2. The van der Waals surface area contributed by atoms with Crippen molar-refractivity contribution in [2.45, 2.75) is 24.6 Å². The molecule has 0 radical (unpaired) electrons. The molecule has 3 aromatic rings. The molecule has 184 valence electrons. The van der Waals surface area contributed by atoms with Gasteiger partial charge < -0.3 is 24.4 Å². The van der Waals surface area contributed by atoms with E-state index in [4.69, 9.17) is 9.26 Å². The maximum Gasteiger partial charge on any atom is 0.257 e. The van der Waals surface area contributed by atoms with Gasteiger partial charge in [-0.1, -0.05) is 16.9 Å². The Morgan fingerprint density at radius 1 is 1.17 bits per heavy atom. The van der Waals surface area contributed by atoms with Crippen LogP contribution in [0.15, 0.2) is 58.2 Å². The van der Waals surface area contributed by atoms with Gasteiger partial charge in [0.2, 0.25) is 5.91 Å². The first-order valence-corrected chi connectivity index (χ1v) is 12.5. The van der Waals surface area contributed by atoms with Gasteiger partial charge in [-0.15, -0.1) is 0 Å². The summed E-state index contributed by atoms with van der Waals surface area (Å²) in [5, 5.41) is 7.47. The lowest BCUT2D eigenvalue weighted by atomic mass is 10.2. The van der Waals surface area contributed by atoms with Gasteiger partial charge in [0.1, 0.15) is 17.3 Å². The van der Waals surface area contributed by atoms with E-state index in [1.165, 1.54) is 16.7 Å². The second-order valence-corrected chi connectivity index (χ2v) is 9.05. The zero-order valence-corrected chi connectivity index (χ0v) is 20.7. The molecule has 3 heterocycles. The van der Waals surface area contributed by atoms with E-state index in [1.54, 1.807) is 18.3 Å². The summed E-state index contributed by atoms with van der Waals surface area (Å²) in [6, 6.07) is 13.0. The first-order chi connectivity index (χ1) is 17.0. The number of thioether (sulfide) groups is 1. The highest BCUT2D eigenvalue weighted by atomic mass is 32.2. The predicted octanol–water partition coefficient (Wildman–Crippen LogP) is 3.61. The summed E-state index contributed by atoms with van der Waals surface area (Å²) < 4.78 is 10.5. The molecule has 0 aliphatic carbocycles. The molecule has 0 atom stereocenters. The number of benzene rings is 1. The number of ether oxygens (including phenoxy) is 1. The van der Waals surface area contributed by atoms with Crippen LogP contribution in [0, 0.1) is 6.92 Å². The molecule has 35 heavy (non-hydrogen) atoms. The van der Waals surface area contributed by atoms with Crippen LogP contribution in [-0.2, 0) is 15.3 Å². The van der Waals surface area contributed by atoms with E-state index in [9.17, 15) is 9.59 Å². The lowest BCUT2D eigenvalue weighted by Crippen LogP contribution is -2.38. The van der Waals surface area contributed by atoms with Crippen LogP contribution in [0.4, 0.5) is 11.4 Å². The van der Waals surface area contributed by atoms with Crippen molar-refractivity contribution in [3.05, 3.63) is 65.7 Å². The van der Waals surface area contributed by atoms with Crippen molar-refractivity contribution in [1.82, 2.24) is 15.0 Å². The zero-order valence-electron chi connectivity index (χ0n) is 19.9. The number of hydrogen-bond donors (Lipinski definition) is 1. The van der Waals surface area contributed by atoms with E-state index in [0.717, 1.165) is 43.4 Å². The zero-order chi connectivity index (χ0) is 24.6. The molecule has 0 unspecified atom stereocenters. The molecule has 0 spiro atoms. The van der Waals surface area contributed by atoms with Gasteiger partial charge in [-0.3, -0.25) is 9.59 Å². The Labute approximate surface area is 208 Å². The normalized spacial score (nSPS) is 13.5. The average molecular weight is 496 g/mol. The van der Waals surface area contributed by atoms with Crippen LogP contribution in [0.1, 0.15) is 28.7 Å². The predicted molar refractivity (Wildman–Crippen MR) is 135 cm³/mol. The van der Waals surface area contributed by atoms with Crippen molar-refractivity contribution in [2.24, 2.45) is 0 Å². The Bertz CT molecular complexity index is 1140. The summed E-state index contributed by atoms with van der Waals surface area (Å²) in [6.45, 7) is 7.17. The second kappa shape index (κ2) is 11.9. The van der Waals surface area contributed by atoms with Crippen molar-refractivity contribution in [3.8, 4) is 0 Å². The minimum atomic E-state index is -0.254. The molecule has 1 aromatic carbocycles. The highest BCUT2D eigenvalue weighted by molar-refractivity contribution is 7.98. The third-order valence-corrected chi connectivity index (χ3v) is 6.60. The summed E-state index contributed by atoms with van der Waals surface area (Å²) in [6.07, 6.45) is 1.65. The van der Waals surface area contributed by atoms with Crippen molar-refractivity contribution in [1.29, 1.82) is 0 Å². The number of nitrogens with zero attached hydrogens (tertiary/aromatic N) is 4. The number of pyridine rings is 1. The van der Waals surface area contributed by atoms with Crippen LogP contribution in [0.25, 0.3) is 0 Å². The number of rotatable bonds is 9. The standard InChI is InChI=1S/C25H29N5O4S/c1-3-29(16-23(31)27-19-6-8-21(9-7-19)30-11-13-33-14-12-30)25(32)22-5-4-10-26-24(22)35-17-20-15-18(2)34-28-20/h4-10,15H,3,11-14,16-17H2,1-2H3,(H,27,31). The molecular weight excluding hydrogens is 466 g/mol. The van der Waals surface area contributed by atoms with Crippen LogP contribution in [-0.4, -0.2) is 66.2 Å². The topological polar surface area (TPSA) is 101 Å². The van der Waals surface area contributed by atoms with E-state index in [2.05, 4.69) is 20.4 Å². The maximum absolute atomic E-state index is 13.3. The lowest BCUT2D eigenvalue weighted by molar-refractivity contribution is -0.116. The molecule has 9 nitrogen and oxygen atoms in total. The molecule has 0 bridgehead atoms. The summed E-state index contributed by atoms with van der Waals surface area (Å²) in [5.41, 5.74) is 3.03. The van der Waals surface area contributed by atoms with E-state index in [0.29, 0.717) is 28.6 Å². The van der Waals surface area contributed by atoms with Crippen LogP contribution < -0.4 is 10.2 Å². The highest BCUT2D eigenvalue weighted by Crippen LogP contribution is 2.25. The van der Waals surface area contributed by atoms with Gasteiger partial charge in [0.05, 0.1) is 24.5 Å². The summed E-state index contributed by atoms with van der Waals surface area (Å²) >= 11 is 1.41. The number of aromatic nitrogens is 2. The monoisotopic (exact) mass is 495 g/mol.